The molecule has 0 aliphatic carbocycles. The van der Waals surface area contributed by atoms with Gasteiger partial charge in [0.1, 0.15) is 9.96 Å². The Morgan fingerprint density at radius 1 is 1.30 bits per heavy atom. The van der Waals surface area contributed by atoms with E-state index >= 15 is 0 Å². The highest BCUT2D eigenvalue weighted by atomic mass is 32.2. The van der Waals surface area contributed by atoms with E-state index in [1.54, 1.807) is 29.6 Å². The molecule has 0 radical (unpaired) electrons. The minimum Gasteiger partial charge on any atom is -0.450 e. The van der Waals surface area contributed by atoms with Crippen LogP contribution in [0.15, 0.2) is 33.7 Å². The number of esters is 1. The predicted molar refractivity (Wildman–Crippen MR) is 105 cm³/mol. The number of ether oxygens (including phenoxy) is 1. The van der Waals surface area contributed by atoms with Gasteiger partial charge in [0.05, 0.1) is 6.54 Å². The van der Waals surface area contributed by atoms with Crippen molar-refractivity contribution in [3.05, 3.63) is 35.6 Å². The Morgan fingerprint density at radius 3 is 2.85 bits per heavy atom. The Labute approximate surface area is 163 Å². The molecular weight excluding hydrogens is 390 g/mol. The number of nitrogens with zero attached hydrogens (tertiary/aromatic N) is 1. The zero-order chi connectivity index (χ0) is 19.2. The predicted octanol–water partition coefficient (Wildman–Crippen LogP) is 2.09. The molecule has 3 rings (SSSR count). The van der Waals surface area contributed by atoms with Crippen LogP contribution in [0.4, 0.5) is 0 Å². The first-order valence-corrected chi connectivity index (χ1v) is 10.0. The van der Waals surface area contributed by atoms with E-state index in [4.69, 9.17) is 9.15 Å². The van der Waals surface area contributed by atoms with E-state index in [9.17, 15) is 14.4 Å². The molecule has 1 aliphatic rings. The second-order valence-electron chi connectivity index (χ2n) is 5.50. The van der Waals surface area contributed by atoms with Crippen LogP contribution in [0.1, 0.15) is 23.0 Å². The van der Waals surface area contributed by atoms with Crippen LogP contribution in [0.5, 0.6) is 0 Å². The SMILES string of the molecule is CC(=O)NNC(=O)COC(=O)c1oc2ccccc2c1CSC1=NCCS1. The Balaban J connectivity index is 1.72. The van der Waals surface area contributed by atoms with Crippen LogP contribution in [0, 0.1) is 0 Å². The number of amides is 2. The lowest BCUT2D eigenvalue weighted by Gasteiger charge is -2.06. The van der Waals surface area contributed by atoms with E-state index in [1.807, 2.05) is 18.2 Å². The molecule has 0 atom stereocenters. The largest absolute Gasteiger partial charge is 0.450 e. The molecule has 2 aromatic rings. The number of hydrogen-bond acceptors (Lipinski definition) is 8. The van der Waals surface area contributed by atoms with Gasteiger partial charge in [-0.05, 0) is 6.07 Å². The fourth-order valence-corrected chi connectivity index (χ4v) is 4.37. The lowest BCUT2D eigenvalue weighted by molar-refractivity contribution is -0.129. The number of rotatable bonds is 5. The smallest absolute Gasteiger partial charge is 0.375 e. The number of para-hydroxylation sites is 1. The summed E-state index contributed by atoms with van der Waals surface area (Å²) in [6.45, 7) is 1.51. The normalized spacial score (nSPS) is 13.3. The summed E-state index contributed by atoms with van der Waals surface area (Å²) in [6.07, 6.45) is 0. The second kappa shape index (κ2) is 8.96. The molecule has 2 amide bonds. The van der Waals surface area contributed by atoms with E-state index in [0.29, 0.717) is 16.9 Å². The topological polar surface area (TPSA) is 110 Å². The number of nitrogens with one attached hydrogen (secondary N) is 2. The summed E-state index contributed by atoms with van der Waals surface area (Å²) >= 11 is 3.23. The van der Waals surface area contributed by atoms with E-state index in [2.05, 4.69) is 15.8 Å². The highest BCUT2D eigenvalue weighted by molar-refractivity contribution is 8.38. The van der Waals surface area contributed by atoms with Crippen LogP contribution in [-0.4, -0.2) is 41.1 Å². The van der Waals surface area contributed by atoms with Gasteiger partial charge in [-0.25, -0.2) is 4.79 Å². The number of hydrogen-bond donors (Lipinski definition) is 2. The van der Waals surface area contributed by atoms with Crippen LogP contribution in [0.2, 0.25) is 0 Å². The average molecular weight is 407 g/mol. The van der Waals surface area contributed by atoms with Crippen molar-refractivity contribution in [1.29, 1.82) is 0 Å². The highest BCUT2D eigenvalue weighted by Gasteiger charge is 2.23. The first-order valence-electron chi connectivity index (χ1n) is 8.07. The molecular formula is C17H17N3O5S2. The summed E-state index contributed by atoms with van der Waals surface area (Å²) < 4.78 is 11.7. The molecule has 2 heterocycles. The van der Waals surface area contributed by atoms with Gasteiger partial charge in [0.15, 0.2) is 6.61 Å². The van der Waals surface area contributed by atoms with E-state index < -0.39 is 24.4 Å². The van der Waals surface area contributed by atoms with Crippen LogP contribution in [0.25, 0.3) is 11.0 Å². The lowest BCUT2D eigenvalue weighted by atomic mass is 10.1. The zero-order valence-electron chi connectivity index (χ0n) is 14.4. The molecule has 8 nitrogen and oxygen atoms in total. The summed E-state index contributed by atoms with van der Waals surface area (Å²) in [4.78, 5) is 39.2. The highest BCUT2D eigenvalue weighted by Crippen LogP contribution is 2.32. The number of benzene rings is 1. The van der Waals surface area contributed by atoms with Crippen molar-refractivity contribution in [3.8, 4) is 0 Å². The second-order valence-corrected chi connectivity index (χ2v) is 7.80. The van der Waals surface area contributed by atoms with Crippen molar-refractivity contribution in [2.24, 2.45) is 4.99 Å². The number of carbonyl (C=O) groups excluding carboxylic acids is 3. The third-order valence-electron chi connectivity index (χ3n) is 3.49. The number of fused-ring (bicyclic) bond motifs is 1. The molecule has 0 bridgehead atoms. The molecule has 0 unspecified atom stereocenters. The molecule has 0 saturated carbocycles. The number of carbonyl (C=O) groups is 3. The van der Waals surface area contributed by atoms with Gasteiger partial charge >= 0.3 is 5.97 Å². The molecule has 0 fully saturated rings. The number of aliphatic imine (C=N–C) groups is 1. The summed E-state index contributed by atoms with van der Waals surface area (Å²) in [5.41, 5.74) is 5.52. The zero-order valence-corrected chi connectivity index (χ0v) is 16.1. The lowest BCUT2D eigenvalue weighted by Crippen LogP contribution is -2.42. The summed E-state index contributed by atoms with van der Waals surface area (Å²) in [7, 11) is 0. The minimum atomic E-state index is -0.735. The molecule has 1 aromatic carbocycles. The summed E-state index contributed by atoms with van der Waals surface area (Å²) in [6, 6.07) is 7.32. The number of furan rings is 1. The fraction of sp³-hybridized carbons (Fsp3) is 0.294. The summed E-state index contributed by atoms with van der Waals surface area (Å²) in [5, 5.41) is 0.822. The van der Waals surface area contributed by atoms with Gasteiger partial charge in [-0.3, -0.25) is 25.4 Å². The van der Waals surface area contributed by atoms with Crippen LogP contribution in [0.3, 0.4) is 0 Å². The maximum Gasteiger partial charge on any atom is 0.375 e. The fourth-order valence-electron chi connectivity index (χ4n) is 2.33. The Hall–Kier alpha value is -2.46. The van der Waals surface area contributed by atoms with E-state index in [-0.39, 0.29) is 5.76 Å². The molecule has 0 saturated heterocycles. The van der Waals surface area contributed by atoms with E-state index in [1.165, 1.54) is 6.92 Å². The molecule has 10 heteroatoms. The van der Waals surface area contributed by atoms with Crippen LogP contribution in [-0.2, 0) is 20.1 Å². The van der Waals surface area contributed by atoms with E-state index in [0.717, 1.165) is 22.1 Å². The molecule has 27 heavy (non-hydrogen) atoms. The van der Waals surface area contributed by atoms with Crippen molar-refractivity contribution in [2.75, 3.05) is 18.9 Å². The van der Waals surface area contributed by atoms with Crippen molar-refractivity contribution >= 4 is 56.7 Å². The standard InChI is InChI=1S/C17H17N3O5S2/c1-10(21)19-20-14(22)8-24-16(23)15-12(9-27-17-18-6-7-26-17)11-4-2-3-5-13(11)25-15/h2-5H,6-9H2,1H3,(H,19,21)(H,20,22). The van der Waals surface area contributed by atoms with Crippen LogP contribution < -0.4 is 10.9 Å². The van der Waals surface area contributed by atoms with Gasteiger partial charge in [-0.2, -0.15) is 0 Å². The Morgan fingerprint density at radius 2 is 2.11 bits per heavy atom. The number of thioether (sulfide) groups is 2. The van der Waals surface area contributed by atoms with Gasteiger partial charge in [0, 0.05) is 29.4 Å². The Kier molecular flexibility index (Phi) is 6.40. The Bertz CT molecular complexity index is 909. The average Bonchev–Trinajstić information content (AvgIpc) is 3.30. The van der Waals surface area contributed by atoms with Gasteiger partial charge in [-0.1, -0.05) is 41.7 Å². The van der Waals surface area contributed by atoms with Crippen LogP contribution >= 0.6 is 23.5 Å². The monoisotopic (exact) mass is 407 g/mol. The maximum atomic E-state index is 12.4. The molecule has 0 spiro atoms. The molecule has 1 aliphatic heterocycles. The van der Waals surface area contributed by atoms with Crippen molar-refractivity contribution in [2.45, 2.75) is 12.7 Å². The third-order valence-corrected chi connectivity index (χ3v) is 5.77. The van der Waals surface area contributed by atoms with Crippen molar-refractivity contribution in [1.82, 2.24) is 10.9 Å². The molecule has 2 N–H and O–H groups in total. The van der Waals surface area contributed by atoms with Gasteiger partial charge in [-0.15, -0.1) is 0 Å². The maximum absolute atomic E-state index is 12.4. The van der Waals surface area contributed by atoms with Crippen molar-refractivity contribution < 1.29 is 23.5 Å². The first-order chi connectivity index (χ1) is 13.0. The quantitative estimate of drug-likeness (QED) is 0.577. The van der Waals surface area contributed by atoms with Gasteiger partial charge in [0.25, 0.3) is 5.91 Å². The minimum absolute atomic E-state index is 0.0691. The summed E-state index contributed by atoms with van der Waals surface area (Å²) in [5.74, 6) is -0.278. The molecule has 1 aromatic heterocycles. The first kappa shape index (κ1) is 19.3. The molecule has 142 valence electrons. The van der Waals surface area contributed by atoms with Gasteiger partial charge in [0.2, 0.25) is 11.7 Å². The number of hydrazine groups is 1. The van der Waals surface area contributed by atoms with Crippen molar-refractivity contribution in [3.63, 3.8) is 0 Å². The third kappa shape index (κ3) is 5.04. The van der Waals surface area contributed by atoms with Gasteiger partial charge < -0.3 is 9.15 Å².